The number of hydrogen-bond acceptors (Lipinski definition) is 3. The molecule has 1 aromatic rings. The molecule has 1 fully saturated rings. The predicted molar refractivity (Wildman–Crippen MR) is 72.4 cm³/mol. The Morgan fingerprint density at radius 3 is 2.38 bits per heavy atom. The van der Waals surface area contributed by atoms with Crippen molar-refractivity contribution in [3.8, 4) is 0 Å². The van der Waals surface area contributed by atoms with Gasteiger partial charge in [-0.3, -0.25) is 0 Å². The van der Waals surface area contributed by atoms with Crippen molar-refractivity contribution in [3.63, 3.8) is 0 Å². The summed E-state index contributed by atoms with van der Waals surface area (Å²) in [7, 11) is 0. The zero-order valence-electron chi connectivity index (χ0n) is 11.7. The zero-order valence-corrected chi connectivity index (χ0v) is 11.7. The van der Waals surface area contributed by atoms with E-state index >= 15 is 0 Å². The fraction of sp³-hybridized carbons (Fsp3) is 0.500. The molecule has 0 saturated carbocycles. The van der Waals surface area contributed by atoms with Crippen molar-refractivity contribution >= 4 is 11.8 Å². The van der Waals surface area contributed by atoms with Gasteiger partial charge in [0.1, 0.15) is 0 Å². The highest BCUT2D eigenvalue weighted by molar-refractivity contribution is 5.68. The van der Waals surface area contributed by atoms with Crippen LogP contribution in [-0.2, 0) is 4.74 Å². The van der Waals surface area contributed by atoms with Crippen LogP contribution in [0.2, 0.25) is 0 Å². The van der Waals surface area contributed by atoms with Gasteiger partial charge < -0.3 is 14.5 Å². The molecule has 0 bridgehead atoms. The number of carbonyl (C=O) groups excluding carboxylic acids is 1. The normalized spacial score (nSPS) is 16.0. The molecular formula is C14H17F3N2O2. The van der Waals surface area contributed by atoms with E-state index in [9.17, 15) is 18.0 Å². The molecule has 1 aliphatic heterocycles. The van der Waals surface area contributed by atoms with Crippen molar-refractivity contribution in [1.82, 2.24) is 4.90 Å². The molecule has 2 rings (SSSR count). The van der Waals surface area contributed by atoms with Crippen molar-refractivity contribution in [2.24, 2.45) is 0 Å². The van der Waals surface area contributed by atoms with E-state index in [1.54, 1.807) is 0 Å². The molecule has 0 atom stereocenters. The maximum absolute atomic E-state index is 12.0. The van der Waals surface area contributed by atoms with Gasteiger partial charge in [0.05, 0.1) is 0 Å². The average molecular weight is 302 g/mol. The van der Waals surface area contributed by atoms with Crippen LogP contribution in [0.3, 0.4) is 0 Å². The van der Waals surface area contributed by atoms with Crippen LogP contribution in [-0.4, -0.2) is 50.0 Å². The van der Waals surface area contributed by atoms with Crippen LogP contribution >= 0.6 is 0 Å². The van der Waals surface area contributed by atoms with E-state index in [4.69, 9.17) is 0 Å². The Morgan fingerprint density at radius 2 is 1.81 bits per heavy atom. The Bertz CT molecular complexity index is 497. The summed E-state index contributed by atoms with van der Waals surface area (Å²) in [6, 6.07) is 7.88. The highest BCUT2D eigenvalue weighted by Gasteiger charge is 2.31. The van der Waals surface area contributed by atoms with E-state index in [0.29, 0.717) is 26.2 Å². The van der Waals surface area contributed by atoms with Crippen molar-refractivity contribution in [2.45, 2.75) is 13.1 Å². The molecule has 21 heavy (non-hydrogen) atoms. The molecule has 0 spiro atoms. The summed E-state index contributed by atoms with van der Waals surface area (Å²) in [5.41, 5.74) is 2.21. The molecule has 0 aliphatic carbocycles. The van der Waals surface area contributed by atoms with Gasteiger partial charge in [0.25, 0.3) is 0 Å². The number of piperazine rings is 1. The van der Waals surface area contributed by atoms with Gasteiger partial charge in [-0.05, 0) is 18.6 Å². The predicted octanol–water partition coefficient (Wildman–Crippen LogP) is 2.82. The Hall–Kier alpha value is -1.92. The second kappa shape index (κ2) is 6.24. The number of amides is 1. The largest absolute Gasteiger partial charge is 0.440 e. The number of benzene rings is 1. The number of aryl methyl sites for hydroxylation is 1. The van der Waals surface area contributed by atoms with Crippen LogP contribution in [0.15, 0.2) is 24.3 Å². The topological polar surface area (TPSA) is 32.8 Å². The van der Waals surface area contributed by atoms with Crippen LogP contribution < -0.4 is 4.90 Å². The van der Waals surface area contributed by atoms with E-state index in [1.165, 1.54) is 4.90 Å². The second-order valence-corrected chi connectivity index (χ2v) is 4.93. The molecule has 0 aromatic heterocycles. The fourth-order valence-corrected chi connectivity index (χ4v) is 2.28. The first-order valence-corrected chi connectivity index (χ1v) is 6.66. The smallest absolute Gasteiger partial charge is 0.422 e. The molecule has 1 saturated heterocycles. The minimum absolute atomic E-state index is 0.352. The van der Waals surface area contributed by atoms with Gasteiger partial charge in [-0.1, -0.05) is 18.2 Å². The third-order valence-corrected chi connectivity index (χ3v) is 3.35. The molecular weight excluding hydrogens is 285 g/mol. The summed E-state index contributed by atoms with van der Waals surface area (Å²) >= 11 is 0. The number of halogens is 3. The van der Waals surface area contributed by atoms with Gasteiger partial charge in [-0.2, -0.15) is 13.2 Å². The van der Waals surface area contributed by atoms with Crippen molar-refractivity contribution in [2.75, 3.05) is 37.7 Å². The van der Waals surface area contributed by atoms with Crippen LogP contribution in [0, 0.1) is 6.92 Å². The van der Waals surface area contributed by atoms with Crippen LogP contribution in [0.1, 0.15) is 5.56 Å². The van der Waals surface area contributed by atoms with Crippen LogP contribution in [0.25, 0.3) is 0 Å². The number of nitrogens with zero attached hydrogens (tertiary/aromatic N) is 2. The lowest BCUT2D eigenvalue weighted by atomic mass is 10.1. The molecule has 116 valence electrons. The third-order valence-electron chi connectivity index (χ3n) is 3.35. The Kier molecular flexibility index (Phi) is 4.59. The maximum atomic E-state index is 12.0. The monoisotopic (exact) mass is 302 g/mol. The van der Waals surface area contributed by atoms with Gasteiger partial charge >= 0.3 is 12.3 Å². The lowest BCUT2D eigenvalue weighted by Crippen LogP contribution is -2.49. The van der Waals surface area contributed by atoms with Gasteiger partial charge in [0.2, 0.25) is 0 Å². The minimum Gasteiger partial charge on any atom is -0.440 e. The number of ether oxygens (including phenoxy) is 1. The Labute approximate surface area is 121 Å². The molecule has 0 N–H and O–H groups in total. The minimum atomic E-state index is -4.49. The molecule has 4 nitrogen and oxygen atoms in total. The highest BCUT2D eigenvalue weighted by Crippen LogP contribution is 2.21. The number of anilines is 1. The molecule has 0 radical (unpaired) electrons. The average Bonchev–Trinajstić information content (AvgIpc) is 2.45. The Morgan fingerprint density at radius 1 is 1.19 bits per heavy atom. The van der Waals surface area contributed by atoms with Crippen LogP contribution in [0.5, 0.6) is 0 Å². The SMILES string of the molecule is Cc1ccccc1N1CCN(C(=O)OCC(F)(F)F)CC1. The van der Waals surface area contributed by atoms with E-state index in [2.05, 4.69) is 9.64 Å². The molecule has 7 heteroatoms. The van der Waals surface area contributed by atoms with E-state index < -0.39 is 18.9 Å². The van der Waals surface area contributed by atoms with Crippen LogP contribution in [0.4, 0.5) is 23.7 Å². The summed E-state index contributed by atoms with van der Waals surface area (Å²) in [6.45, 7) is 2.32. The number of alkyl halides is 3. The third kappa shape index (κ3) is 4.27. The van der Waals surface area contributed by atoms with E-state index in [1.807, 2.05) is 31.2 Å². The number of rotatable bonds is 2. The second-order valence-electron chi connectivity index (χ2n) is 4.93. The standard InChI is InChI=1S/C14H17F3N2O2/c1-11-4-2-3-5-12(11)18-6-8-19(9-7-18)13(20)21-10-14(15,16)17/h2-5H,6-10H2,1H3. The van der Waals surface area contributed by atoms with Gasteiger partial charge in [-0.25, -0.2) is 4.79 Å². The molecule has 1 heterocycles. The Balaban J connectivity index is 1.86. The maximum Gasteiger partial charge on any atom is 0.422 e. The molecule has 1 aliphatic rings. The van der Waals surface area contributed by atoms with Crippen molar-refractivity contribution in [3.05, 3.63) is 29.8 Å². The number of hydrogen-bond donors (Lipinski definition) is 0. The fourth-order valence-electron chi connectivity index (χ4n) is 2.28. The summed E-state index contributed by atoms with van der Waals surface area (Å²) < 4.78 is 40.3. The quantitative estimate of drug-likeness (QED) is 0.842. The first-order valence-electron chi connectivity index (χ1n) is 6.66. The number of carbonyl (C=O) groups is 1. The summed E-state index contributed by atoms with van der Waals surface area (Å²) in [4.78, 5) is 15.0. The summed E-state index contributed by atoms with van der Waals surface area (Å²) in [5, 5.41) is 0. The summed E-state index contributed by atoms with van der Waals surface area (Å²) in [5.74, 6) is 0. The van der Waals surface area contributed by atoms with Crippen molar-refractivity contribution in [1.29, 1.82) is 0 Å². The summed E-state index contributed by atoms with van der Waals surface area (Å²) in [6.07, 6.45) is -5.39. The zero-order chi connectivity index (χ0) is 15.5. The lowest BCUT2D eigenvalue weighted by Gasteiger charge is -2.36. The van der Waals surface area contributed by atoms with Crippen molar-refractivity contribution < 1.29 is 22.7 Å². The molecule has 0 unspecified atom stereocenters. The first-order chi connectivity index (χ1) is 9.87. The van der Waals surface area contributed by atoms with E-state index in [-0.39, 0.29) is 0 Å². The highest BCUT2D eigenvalue weighted by atomic mass is 19.4. The van der Waals surface area contributed by atoms with Gasteiger partial charge in [-0.15, -0.1) is 0 Å². The molecule has 1 amide bonds. The van der Waals surface area contributed by atoms with E-state index in [0.717, 1.165) is 11.3 Å². The number of para-hydroxylation sites is 1. The first kappa shape index (κ1) is 15.5. The van der Waals surface area contributed by atoms with Gasteiger partial charge in [0.15, 0.2) is 6.61 Å². The molecule has 1 aromatic carbocycles. The lowest BCUT2D eigenvalue weighted by molar-refractivity contribution is -0.162. The van der Waals surface area contributed by atoms with Gasteiger partial charge in [0, 0.05) is 31.9 Å².